The van der Waals surface area contributed by atoms with Crippen molar-refractivity contribution in [2.75, 3.05) is 5.32 Å². The molecular formula is C24H21BrN2O3. The minimum Gasteiger partial charge on any atom is -0.486 e. The van der Waals surface area contributed by atoms with Crippen LogP contribution in [0.4, 0.5) is 5.69 Å². The monoisotopic (exact) mass is 464 g/mol. The van der Waals surface area contributed by atoms with E-state index in [1.807, 2.05) is 36.4 Å². The van der Waals surface area contributed by atoms with Gasteiger partial charge >= 0.3 is 0 Å². The van der Waals surface area contributed by atoms with E-state index in [9.17, 15) is 4.79 Å². The van der Waals surface area contributed by atoms with Crippen molar-refractivity contribution in [1.29, 1.82) is 0 Å². The van der Waals surface area contributed by atoms with Gasteiger partial charge in [0.15, 0.2) is 5.76 Å². The normalized spacial score (nSPS) is 10.9. The lowest BCUT2D eigenvalue weighted by Gasteiger charge is -2.08. The molecule has 2 heterocycles. The van der Waals surface area contributed by atoms with Crippen LogP contribution >= 0.6 is 15.9 Å². The first-order valence-electron chi connectivity index (χ1n) is 9.79. The van der Waals surface area contributed by atoms with Crippen LogP contribution in [0.1, 0.15) is 35.2 Å². The Morgan fingerprint density at radius 2 is 1.93 bits per heavy atom. The molecule has 30 heavy (non-hydrogen) atoms. The molecule has 5 nitrogen and oxygen atoms in total. The minimum atomic E-state index is -0.334. The van der Waals surface area contributed by atoms with Crippen LogP contribution in [0.3, 0.4) is 0 Å². The Morgan fingerprint density at radius 1 is 1.10 bits per heavy atom. The molecule has 0 fully saturated rings. The van der Waals surface area contributed by atoms with Crippen LogP contribution in [-0.4, -0.2) is 10.9 Å². The predicted octanol–water partition coefficient (Wildman–Crippen LogP) is 6.37. The fourth-order valence-electron chi connectivity index (χ4n) is 3.20. The van der Waals surface area contributed by atoms with Gasteiger partial charge in [0.1, 0.15) is 18.1 Å². The van der Waals surface area contributed by atoms with Gasteiger partial charge in [0.05, 0.1) is 11.2 Å². The maximum Gasteiger partial charge on any atom is 0.291 e. The van der Waals surface area contributed by atoms with Gasteiger partial charge in [-0.15, -0.1) is 0 Å². The fourth-order valence-corrected chi connectivity index (χ4v) is 3.65. The van der Waals surface area contributed by atoms with Gasteiger partial charge in [-0.2, -0.15) is 0 Å². The van der Waals surface area contributed by atoms with Crippen LogP contribution < -0.4 is 10.1 Å². The van der Waals surface area contributed by atoms with Crippen molar-refractivity contribution in [3.63, 3.8) is 0 Å². The van der Waals surface area contributed by atoms with E-state index in [0.29, 0.717) is 17.0 Å². The Balaban J connectivity index is 1.41. The summed E-state index contributed by atoms with van der Waals surface area (Å²) in [5, 5.41) is 3.80. The molecule has 2 aromatic heterocycles. The highest BCUT2D eigenvalue weighted by Crippen LogP contribution is 2.28. The van der Waals surface area contributed by atoms with Crippen LogP contribution in [0.2, 0.25) is 0 Å². The lowest BCUT2D eigenvalue weighted by Crippen LogP contribution is -2.11. The number of nitrogens with zero attached hydrogens (tertiary/aromatic N) is 1. The van der Waals surface area contributed by atoms with Crippen molar-refractivity contribution in [2.45, 2.75) is 26.4 Å². The van der Waals surface area contributed by atoms with Gasteiger partial charge in [0.25, 0.3) is 5.91 Å². The highest BCUT2D eigenvalue weighted by atomic mass is 79.9. The summed E-state index contributed by atoms with van der Waals surface area (Å²) in [6.45, 7) is 2.41. The second-order valence-electron chi connectivity index (χ2n) is 6.90. The summed E-state index contributed by atoms with van der Waals surface area (Å²) >= 11 is 3.51. The number of fused-ring (bicyclic) bond motifs is 1. The first-order valence-corrected chi connectivity index (χ1v) is 10.6. The topological polar surface area (TPSA) is 64.4 Å². The molecular weight excluding hydrogens is 444 g/mol. The SMILES string of the molecule is CCCc1ccc(OCc2ccc(C(=O)Nc3ccc(Br)c4cccnc34)o2)cc1. The molecule has 0 spiro atoms. The number of pyridine rings is 1. The molecule has 0 aliphatic heterocycles. The molecule has 4 rings (SSSR count). The van der Waals surface area contributed by atoms with E-state index >= 15 is 0 Å². The molecule has 0 bridgehead atoms. The second-order valence-corrected chi connectivity index (χ2v) is 7.75. The first-order chi connectivity index (χ1) is 14.6. The van der Waals surface area contributed by atoms with E-state index in [2.05, 4.69) is 45.3 Å². The van der Waals surface area contributed by atoms with Gasteiger partial charge in [-0.1, -0.05) is 47.5 Å². The van der Waals surface area contributed by atoms with Gasteiger partial charge in [0, 0.05) is 16.1 Å². The molecule has 1 amide bonds. The number of carbonyl (C=O) groups is 1. The van der Waals surface area contributed by atoms with Crippen molar-refractivity contribution >= 4 is 38.4 Å². The summed E-state index contributed by atoms with van der Waals surface area (Å²) in [7, 11) is 0. The number of anilines is 1. The van der Waals surface area contributed by atoms with Crippen LogP contribution in [0, 0.1) is 0 Å². The molecule has 1 N–H and O–H groups in total. The number of rotatable bonds is 7. The first kappa shape index (κ1) is 20.2. The third-order valence-corrected chi connectivity index (χ3v) is 5.38. The Kier molecular flexibility index (Phi) is 6.14. The molecule has 4 aromatic rings. The van der Waals surface area contributed by atoms with Gasteiger partial charge in [0.2, 0.25) is 0 Å². The highest BCUT2D eigenvalue weighted by Gasteiger charge is 2.14. The zero-order valence-electron chi connectivity index (χ0n) is 16.5. The molecule has 0 unspecified atom stereocenters. The number of benzene rings is 2. The highest BCUT2D eigenvalue weighted by molar-refractivity contribution is 9.10. The summed E-state index contributed by atoms with van der Waals surface area (Å²) in [5.41, 5.74) is 2.62. The van der Waals surface area contributed by atoms with Crippen molar-refractivity contribution in [1.82, 2.24) is 4.98 Å². The van der Waals surface area contributed by atoms with Gasteiger partial charge in [-0.3, -0.25) is 9.78 Å². The van der Waals surface area contributed by atoms with Gasteiger partial charge in [-0.25, -0.2) is 0 Å². The number of hydrogen-bond donors (Lipinski definition) is 1. The molecule has 0 saturated carbocycles. The lowest BCUT2D eigenvalue weighted by atomic mass is 10.1. The molecule has 0 aliphatic carbocycles. The van der Waals surface area contributed by atoms with E-state index in [-0.39, 0.29) is 18.3 Å². The van der Waals surface area contributed by atoms with Crippen molar-refractivity contribution < 1.29 is 13.9 Å². The Morgan fingerprint density at radius 3 is 2.73 bits per heavy atom. The van der Waals surface area contributed by atoms with Crippen LogP contribution in [0.15, 0.2) is 75.8 Å². The van der Waals surface area contributed by atoms with E-state index in [1.165, 1.54) is 5.56 Å². The molecule has 0 atom stereocenters. The van der Waals surface area contributed by atoms with E-state index in [4.69, 9.17) is 9.15 Å². The molecule has 0 radical (unpaired) electrons. The summed E-state index contributed by atoms with van der Waals surface area (Å²) in [6, 6.07) is 18.9. The van der Waals surface area contributed by atoms with Crippen molar-refractivity contribution in [3.05, 3.63) is 88.4 Å². The third-order valence-electron chi connectivity index (χ3n) is 4.69. The minimum absolute atomic E-state index is 0.221. The largest absolute Gasteiger partial charge is 0.486 e. The van der Waals surface area contributed by atoms with E-state index in [1.54, 1.807) is 18.3 Å². The number of aromatic nitrogens is 1. The molecule has 152 valence electrons. The fraction of sp³-hybridized carbons (Fsp3) is 0.167. The number of hydrogen-bond acceptors (Lipinski definition) is 4. The Bertz CT molecular complexity index is 1170. The summed E-state index contributed by atoms with van der Waals surface area (Å²) in [5.74, 6) is 1.24. The van der Waals surface area contributed by atoms with Crippen molar-refractivity contribution in [2.24, 2.45) is 0 Å². The quantitative estimate of drug-likeness (QED) is 0.344. The average Bonchev–Trinajstić information content (AvgIpc) is 3.25. The molecule has 0 saturated heterocycles. The lowest BCUT2D eigenvalue weighted by molar-refractivity contribution is 0.0992. The van der Waals surface area contributed by atoms with Crippen LogP contribution in [0.5, 0.6) is 5.75 Å². The predicted molar refractivity (Wildman–Crippen MR) is 121 cm³/mol. The molecule has 2 aromatic carbocycles. The van der Waals surface area contributed by atoms with Crippen LogP contribution in [-0.2, 0) is 13.0 Å². The standard InChI is InChI=1S/C24H21BrN2O3/c1-2-4-16-6-8-17(9-7-16)29-15-18-10-13-22(30-18)24(28)27-21-12-11-20(25)19-5-3-14-26-23(19)21/h3,5-14H,2,4,15H2,1H3,(H,27,28). The third kappa shape index (κ3) is 4.54. The van der Waals surface area contributed by atoms with E-state index < -0.39 is 0 Å². The van der Waals surface area contributed by atoms with Gasteiger partial charge in [-0.05, 0) is 54.4 Å². The summed E-state index contributed by atoms with van der Waals surface area (Å²) in [4.78, 5) is 17.0. The Labute approximate surface area is 183 Å². The number of halogens is 1. The van der Waals surface area contributed by atoms with Crippen LogP contribution in [0.25, 0.3) is 10.9 Å². The van der Waals surface area contributed by atoms with E-state index in [0.717, 1.165) is 28.5 Å². The number of aryl methyl sites for hydroxylation is 1. The maximum absolute atomic E-state index is 12.6. The maximum atomic E-state index is 12.6. The van der Waals surface area contributed by atoms with Crippen molar-refractivity contribution in [3.8, 4) is 5.75 Å². The number of furan rings is 1. The van der Waals surface area contributed by atoms with Gasteiger partial charge < -0.3 is 14.5 Å². The number of nitrogens with one attached hydrogen (secondary N) is 1. The summed E-state index contributed by atoms with van der Waals surface area (Å²) in [6.07, 6.45) is 3.87. The molecule has 6 heteroatoms. The summed E-state index contributed by atoms with van der Waals surface area (Å²) < 4.78 is 12.4. The average molecular weight is 465 g/mol. The zero-order valence-corrected chi connectivity index (χ0v) is 18.1. The second kappa shape index (κ2) is 9.13. The smallest absolute Gasteiger partial charge is 0.291 e. The Hall–Kier alpha value is -3.12. The number of carbonyl (C=O) groups excluding carboxylic acids is 1. The zero-order chi connectivity index (χ0) is 20.9. The molecule has 0 aliphatic rings. The number of amides is 1. The number of ether oxygens (including phenoxy) is 1.